The van der Waals surface area contributed by atoms with Crippen LogP contribution in [0.5, 0.6) is 0 Å². The number of rotatable bonds is 3. The zero-order valence-corrected chi connectivity index (χ0v) is 11.9. The van der Waals surface area contributed by atoms with Crippen LogP contribution < -0.4 is 5.32 Å². The number of amides is 1. The van der Waals surface area contributed by atoms with Gasteiger partial charge in [0, 0.05) is 19.1 Å². The maximum absolute atomic E-state index is 12.7. The Hall–Kier alpha value is -1.88. The van der Waals surface area contributed by atoms with Gasteiger partial charge in [-0.2, -0.15) is 0 Å². The van der Waals surface area contributed by atoms with Crippen LogP contribution in [-0.4, -0.2) is 40.5 Å². The fourth-order valence-electron chi connectivity index (χ4n) is 3.37. The molecule has 0 bridgehead atoms. The third-order valence-electron chi connectivity index (χ3n) is 4.45. The summed E-state index contributed by atoms with van der Waals surface area (Å²) < 4.78 is 0. The highest BCUT2D eigenvalue weighted by atomic mass is 16.4. The van der Waals surface area contributed by atoms with Crippen molar-refractivity contribution in [1.82, 2.24) is 10.2 Å². The second kappa shape index (κ2) is 5.85. The molecule has 2 atom stereocenters. The molecule has 1 saturated heterocycles. The molecule has 0 spiro atoms. The number of nitrogens with zero attached hydrogens (tertiary/aromatic N) is 1. The van der Waals surface area contributed by atoms with Crippen LogP contribution in [0.1, 0.15) is 30.4 Å². The average Bonchev–Trinajstić information content (AvgIpc) is 2.93. The molecule has 21 heavy (non-hydrogen) atoms. The summed E-state index contributed by atoms with van der Waals surface area (Å²) in [7, 11) is 0. The molecule has 5 nitrogen and oxygen atoms in total. The van der Waals surface area contributed by atoms with Crippen LogP contribution in [0.15, 0.2) is 24.3 Å². The summed E-state index contributed by atoms with van der Waals surface area (Å²) in [6.07, 6.45) is 2.43. The average molecular weight is 288 g/mol. The molecule has 2 N–H and O–H groups in total. The SMILES string of the molecule is O=C(O)CC1CCCN1C(=O)[C@H]1Cc2ccccc2CN1. The molecule has 2 heterocycles. The van der Waals surface area contributed by atoms with Gasteiger partial charge in [0.15, 0.2) is 0 Å². The maximum Gasteiger partial charge on any atom is 0.305 e. The molecule has 0 saturated carbocycles. The van der Waals surface area contributed by atoms with Gasteiger partial charge < -0.3 is 15.3 Å². The summed E-state index contributed by atoms with van der Waals surface area (Å²) >= 11 is 0. The lowest BCUT2D eigenvalue weighted by molar-refractivity contribution is -0.140. The van der Waals surface area contributed by atoms with Crippen molar-refractivity contribution in [3.8, 4) is 0 Å². The summed E-state index contributed by atoms with van der Waals surface area (Å²) in [6, 6.07) is 7.77. The van der Waals surface area contributed by atoms with Crippen molar-refractivity contribution >= 4 is 11.9 Å². The predicted octanol–water partition coefficient (Wildman–Crippen LogP) is 1.17. The Morgan fingerprint density at radius 3 is 2.81 bits per heavy atom. The number of nitrogens with one attached hydrogen (secondary N) is 1. The van der Waals surface area contributed by atoms with E-state index in [0.717, 1.165) is 12.8 Å². The molecule has 0 aliphatic carbocycles. The van der Waals surface area contributed by atoms with E-state index >= 15 is 0 Å². The molecular weight excluding hydrogens is 268 g/mol. The fraction of sp³-hybridized carbons (Fsp3) is 0.500. The van der Waals surface area contributed by atoms with Crippen molar-refractivity contribution in [3.05, 3.63) is 35.4 Å². The van der Waals surface area contributed by atoms with Gasteiger partial charge in [-0.15, -0.1) is 0 Å². The quantitative estimate of drug-likeness (QED) is 0.876. The first-order valence-electron chi connectivity index (χ1n) is 7.47. The molecule has 5 heteroatoms. The summed E-state index contributed by atoms with van der Waals surface area (Å²) in [5.74, 6) is -0.782. The molecule has 112 valence electrons. The number of carbonyl (C=O) groups is 2. The van der Waals surface area contributed by atoms with Crippen molar-refractivity contribution in [3.63, 3.8) is 0 Å². The number of fused-ring (bicyclic) bond motifs is 1. The van der Waals surface area contributed by atoms with Gasteiger partial charge in [-0.05, 0) is 30.4 Å². The molecule has 1 unspecified atom stereocenters. The van der Waals surface area contributed by atoms with E-state index in [1.165, 1.54) is 11.1 Å². The number of carboxylic acids is 1. The highest BCUT2D eigenvalue weighted by Gasteiger charge is 2.35. The summed E-state index contributed by atoms with van der Waals surface area (Å²) in [5.41, 5.74) is 2.45. The van der Waals surface area contributed by atoms with Crippen LogP contribution in [0.3, 0.4) is 0 Å². The van der Waals surface area contributed by atoms with Crippen LogP contribution in [0.2, 0.25) is 0 Å². The Bertz CT molecular complexity index is 558. The van der Waals surface area contributed by atoms with Crippen molar-refractivity contribution in [1.29, 1.82) is 0 Å². The van der Waals surface area contributed by atoms with E-state index in [4.69, 9.17) is 5.11 Å². The van der Waals surface area contributed by atoms with Crippen LogP contribution in [0, 0.1) is 0 Å². The zero-order valence-electron chi connectivity index (χ0n) is 11.9. The van der Waals surface area contributed by atoms with E-state index in [-0.39, 0.29) is 24.4 Å². The van der Waals surface area contributed by atoms with Gasteiger partial charge in [-0.25, -0.2) is 0 Å². The lowest BCUT2D eigenvalue weighted by atomic mass is 9.95. The molecule has 2 aliphatic heterocycles. The van der Waals surface area contributed by atoms with Crippen molar-refractivity contribution in [2.24, 2.45) is 0 Å². The molecule has 1 aromatic carbocycles. The highest BCUT2D eigenvalue weighted by Crippen LogP contribution is 2.24. The van der Waals surface area contributed by atoms with Crippen molar-refractivity contribution in [2.75, 3.05) is 6.54 Å². The largest absolute Gasteiger partial charge is 0.481 e. The van der Waals surface area contributed by atoms with Crippen molar-refractivity contribution < 1.29 is 14.7 Å². The van der Waals surface area contributed by atoms with Gasteiger partial charge in [-0.3, -0.25) is 9.59 Å². The lowest BCUT2D eigenvalue weighted by Gasteiger charge is -2.31. The molecule has 3 rings (SSSR count). The number of likely N-dealkylation sites (tertiary alicyclic amines) is 1. The third-order valence-corrected chi connectivity index (χ3v) is 4.45. The van der Waals surface area contributed by atoms with Crippen LogP contribution in [0.4, 0.5) is 0 Å². The van der Waals surface area contributed by atoms with E-state index in [1.54, 1.807) is 4.90 Å². The van der Waals surface area contributed by atoms with Crippen molar-refractivity contribution in [2.45, 2.75) is 44.3 Å². The third kappa shape index (κ3) is 2.93. The number of aliphatic carboxylic acids is 1. The Morgan fingerprint density at radius 2 is 2.05 bits per heavy atom. The van der Waals surface area contributed by atoms with E-state index in [2.05, 4.69) is 17.4 Å². The zero-order chi connectivity index (χ0) is 14.8. The highest BCUT2D eigenvalue weighted by molar-refractivity contribution is 5.83. The first kappa shape index (κ1) is 14.1. The Labute approximate surface area is 123 Å². The second-order valence-electron chi connectivity index (χ2n) is 5.83. The van der Waals surface area contributed by atoms with Crippen LogP contribution in [-0.2, 0) is 22.6 Å². The minimum absolute atomic E-state index is 0.0493. The van der Waals surface area contributed by atoms with Gasteiger partial charge in [0.2, 0.25) is 5.91 Å². The fourth-order valence-corrected chi connectivity index (χ4v) is 3.37. The number of carboxylic acid groups (broad SMARTS) is 1. The smallest absolute Gasteiger partial charge is 0.305 e. The minimum atomic E-state index is -0.832. The maximum atomic E-state index is 12.7. The number of hydrogen-bond donors (Lipinski definition) is 2. The van der Waals surface area contributed by atoms with Crippen LogP contribution in [0.25, 0.3) is 0 Å². The molecule has 1 amide bonds. The minimum Gasteiger partial charge on any atom is -0.481 e. The molecule has 0 radical (unpaired) electrons. The topological polar surface area (TPSA) is 69.6 Å². The van der Waals surface area contributed by atoms with E-state index in [0.29, 0.717) is 19.5 Å². The summed E-state index contributed by atoms with van der Waals surface area (Å²) in [5, 5.41) is 12.2. The normalized spacial score (nSPS) is 24.7. The van der Waals surface area contributed by atoms with Gasteiger partial charge in [0.05, 0.1) is 12.5 Å². The van der Waals surface area contributed by atoms with E-state index in [9.17, 15) is 9.59 Å². The molecule has 0 aromatic heterocycles. The number of benzene rings is 1. The first-order valence-corrected chi connectivity index (χ1v) is 7.47. The Balaban J connectivity index is 1.70. The van der Waals surface area contributed by atoms with Gasteiger partial charge in [-0.1, -0.05) is 24.3 Å². The molecule has 1 aromatic rings. The summed E-state index contributed by atoms with van der Waals surface area (Å²) in [6.45, 7) is 1.38. The second-order valence-corrected chi connectivity index (χ2v) is 5.83. The van der Waals surface area contributed by atoms with Gasteiger partial charge in [0.1, 0.15) is 0 Å². The molecule has 1 fully saturated rings. The lowest BCUT2D eigenvalue weighted by Crippen LogP contribution is -2.51. The standard InChI is InChI=1S/C16H20N2O3/c19-15(20)9-13-6-3-7-18(13)16(21)14-8-11-4-1-2-5-12(11)10-17-14/h1-2,4-5,13-14,17H,3,6-10H2,(H,19,20)/t13?,14-/m1/s1. The van der Waals surface area contributed by atoms with E-state index in [1.807, 2.05) is 12.1 Å². The Morgan fingerprint density at radius 1 is 1.29 bits per heavy atom. The Kier molecular flexibility index (Phi) is 3.92. The predicted molar refractivity (Wildman–Crippen MR) is 77.8 cm³/mol. The molecular formula is C16H20N2O3. The number of hydrogen-bond acceptors (Lipinski definition) is 3. The summed E-state index contributed by atoms with van der Waals surface area (Å²) in [4.78, 5) is 25.3. The van der Waals surface area contributed by atoms with Gasteiger partial charge >= 0.3 is 5.97 Å². The van der Waals surface area contributed by atoms with E-state index < -0.39 is 5.97 Å². The monoisotopic (exact) mass is 288 g/mol. The molecule has 2 aliphatic rings. The number of carbonyl (C=O) groups excluding carboxylic acids is 1. The van der Waals surface area contributed by atoms with Crippen LogP contribution >= 0.6 is 0 Å². The first-order chi connectivity index (χ1) is 10.1. The van der Waals surface area contributed by atoms with Gasteiger partial charge in [0.25, 0.3) is 0 Å².